The Balaban J connectivity index is 1.98. The molecule has 2 N–H and O–H groups in total. The summed E-state index contributed by atoms with van der Waals surface area (Å²) in [4.78, 5) is 5.17. The van der Waals surface area contributed by atoms with E-state index in [0.29, 0.717) is 5.41 Å². The molecule has 2 saturated heterocycles. The lowest BCUT2D eigenvalue weighted by molar-refractivity contribution is 0.0158. The first kappa shape index (κ1) is 15.6. The summed E-state index contributed by atoms with van der Waals surface area (Å²) in [6, 6.07) is 0. The summed E-state index contributed by atoms with van der Waals surface area (Å²) in [5.41, 5.74) is 6.73. The van der Waals surface area contributed by atoms with Gasteiger partial charge in [-0.3, -0.25) is 4.90 Å². The molecular formula is C15H31N3S. The molecule has 112 valence electrons. The van der Waals surface area contributed by atoms with Gasteiger partial charge in [0, 0.05) is 30.9 Å². The van der Waals surface area contributed by atoms with E-state index in [0.717, 1.165) is 13.1 Å². The molecular weight excluding hydrogens is 254 g/mol. The highest BCUT2D eigenvalue weighted by molar-refractivity contribution is 7.99. The fraction of sp³-hybridized carbons (Fsp3) is 1.00. The maximum atomic E-state index is 6.23. The number of likely N-dealkylation sites (N-methyl/N-ethyl adjacent to an activating group) is 1. The molecule has 0 aromatic carbocycles. The monoisotopic (exact) mass is 285 g/mol. The number of thioether (sulfide) groups is 1. The fourth-order valence-corrected chi connectivity index (χ4v) is 5.49. The van der Waals surface area contributed by atoms with Crippen LogP contribution in [0.25, 0.3) is 0 Å². The van der Waals surface area contributed by atoms with Gasteiger partial charge in [0.25, 0.3) is 0 Å². The fourth-order valence-electron chi connectivity index (χ4n) is 3.63. The molecule has 19 heavy (non-hydrogen) atoms. The van der Waals surface area contributed by atoms with E-state index in [1.54, 1.807) is 0 Å². The lowest BCUT2D eigenvalue weighted by Gasteiger charge is -2.54. The standard InChI is InChI=1S/C15H31N3S/c1-14(2)6-11-19-13-15(14,12-16)17(3)9-10-18-7-4-5-8-18/h4-13,16H2,1-3H3. The topological polar surface area (TPSA) is 32.5 Å². The Morgan fingerprint density at radius 3 is 2.53 bits per heavy atom. The van der Waals surface area contributed by atoms with Crippen LogP contribution in [0.15, 0.2) is 0 Å². The summed E-state index contributed by atoms with van der Waals surface area (Å²) in [6.45, 7) is 10.5. The Morgan fingerprint density at radius 1 is 1.26 bits per heavy atom. The van der Waals surface area contributed by atoms with Crippen molar-refractivity contribution in [2.24, 2.45) is 11.1 Å². The summed E-state index contributed by atoms with van der Waals surface area (Å²) in [7, 11) is 2.29. The van der Waals surface area contributed by atoms with Crippen LogP contribution in [0, 0.1) is 5.41 Å². The SMILES string of the molecule is CN(CCN1CCCC1)C1(CN)CSCCC1(C)C. The van der Waals surface area contributed by atoms with E-state index < -0.39 is 0 Å². The van der Waals surface area contributed by atoms with Crippen LogP contribution in [0.4, 0.5) is 0 Å². The molecule has 2 aliphatic rings. The Labute approximate surface area is 123 Å². The van der Waals surface area contributed by atoms with E-state index in [4.69, 9.17) is 5.73 Å². The maximum Gasteiger partial charge on any atom is 0.0470 e. The van der Waals surface area contributed by atoms with Crippen molar-refractivity contribution in [3.63, 3.8) is 0 Å². The van der Waals surface area contributed by atoms with Gasteiger partial charge in [0.1, 0.15) is 0 Å². The molecule has 3 nitrogen and oxygen atoms in total. The van der Waals surface area contributed by atoms with Crippen LogP contribution < -0.4 is 5.73 Å². The zero-order valence-corrected chi connectivity index (χ0v) is 13.8. The van der Waals surface area contributed by atoms with Gasteiger partial charge in [-0.15, -0.1) is 0 Å². The van der Waals surface area contributed by atoms with Gasteiger partial charge < -0.3 is 10.6 Å². The predicted octanol–water partition coefficient (Wildman–Crippen LogP) is 1.87. The van der Waals surface area contributed by atoms with Crippen LogP contribution >= 0.6 is 11.8 Å². The molecule has 1 atom stereocenters. The van der Waals surface area contributed by atoms with E-state index in [1.807, 2.05) is 0 Å². The molecule has 0 aromatic heterocycles. The van der Waals surface area contributed by atoms with Crippen molar-refractivity contribution in [3.8, 4) is 0 Å². The van der Waals surface area contributed by atoms with E-state index in [2.05, 4.69) is 42.5 Å². The number of nitrogens with two attached hydrogens (primary N) is 1. The molecule has 0 aliphatic carbocycles. The van der Waals surface area contributed by atoms with Crippen molar-refractivity contribution in [2.45, 2.75) is 38.6 Å². The van der Waals surface area contributed by atoms with E-state index >= 15 is 0 Å². The van der Waals surface area contributed by atoms with Gasteiger partial charge in [-0.2, -0.15) is 11.8 Å². The van der Waals surface area contributed by atoms with Crippen molar-refractivity contribution in [3.05, 3.63) is 0 Å². The largest absolute Gasteiger partial charge is 0.329 e. The van der Waals surface area contributed by atoms with Crippen LogP contribution in [0.3, 0.4) is 0 Å². The lowest BCUT2D eigenvalue weighted by atomic mass is 9.70. The molecule has 0 spiro atoms. The minimum absolute atomic E-state index is 0.176. The smallest absolute Gasteiger partial charge is 0.0470 e. The lowest BCUT2D eigenvalue weighted by Crippen LogP contribution is -2.65. The summed E-state index contributed by atoms with van der Waals surface area (Å²) in [6.07, 6.45) is 4.04. The molecule has 0 amide bonds. The van der Waals surface area contributed by atoms with Gasteiger partial charge in [0.2, 0.25) is 0 Å². The number of hydrogen-bond donors (Lipinski definition) is 1. The summed E-state index contributed by atoms with van der Waals surface area (Å²) in [5, 5.41) is 0. The van der Waals surface area contributed by atoms with E-state index in [9.17, 15) is 0 Å². The molecule has 0 saturated carbocycles. The van der Waals surface area contributed by atoms with Crippen molar-refractivity contribution in [1.82, 2.24) is 9.80 Å². The Morgan fingerprint density at radius 2 is 1.95 bits per heavy atom. The summed E-state index contributed by atoms with van der Waals surface area (Å²) < 4.78 is 0. The quantitative estimate of drug-likeness (QED) is 0.836. The average molecular weight is 286 g/mol. The van der Waals surface area contributed by atoms with Crippen LogP contribution in [-0.4, -0.2) is 66.6 Å². The van der Waals surface area contributed by atoms with E-state index in [-0.39, 0.29) is 5.54 Å². The normalized spacial score (nSPS) is 32.1. The number of nitrogens with zero attached hydrogens (tertiary/aromatic N) is 2. The Kier molecular flexibility index (Phi) is 5.21. The number of rotatable bonds is 5. The van der Waals surface area contributed by atoms with Gasteiger partial charge >= 0.3 is 0 Å². The molecule has 2 fully saturated rings. The number of likely N-dealkylation sites (tertiary alicyclic amines) is 1. The van der Waals surface area contributed by atoms with Crippen LogP contribution in [0.5, 0.6) is 0 Å². The second-order valence-electron chi connectivity index (χ2n) is 6.89. The van der Waals surface area contributed by atoms with Gasteiger partial charge in [-0.05, 0) is 50.6 Å². The summed E-state index contributed by atoms with van der Waals surface area (Å²) in [5.74, 6) is 2.47. The highest BCUT2D eigenvalue weighted by atomic mass is 32.2. The Bertz CT molecular complexity index is 289. The second kappa shape index (κ2) is 6.33. The first-order valence-electron chi connectivity index (χ1n) is 7.73. The first-order chi connectivity index (χ1) is 9.02. The van der Waals surface area contributed by atoms with E-state index in [1.165, 1.54) is 50.4 Å². The maximum absolute atomic E-state index is 6.23. The van der Waals surface area contributed by atoms with Gasteiger partial charge in [-0.1, -0.05) is 13.8 Å². The molecule has 2 rings (SSSR count). The van der Waals surface area contributed by atoms with Crippen LogP contribution in [-0.2, 0) is 0 Å². The Hall–Kier alpha value is 0.230. The van der Waals surface area contributed by atoms with Crippen molar-refractivity contribution in [2.75, 3.05) is 51.3 Å². The predicted molar refractivity (Wildman–Crippen MR) is 85.8 cm³/mol. The number of hydrogen-bond acceptors (Lipinski definition) is 4. The zero-order valence-electron chi connectivity index (χ0n) is 13.0. The molecule has 2 heterocycles. The van der Waals surface area contributed by atoms with Crippen LogP contribution in [0.1, 0.15) is 33.1 Å². The first-order valence-corrected chi connectivity index (χ1v) is 8.89. The molecule has 0 bridgehead atoms. The third-order valence-electron chi connectivity index (χ3n) is 5.49. The van der Waals surface area contributed by atoms with Crippen molar-refractivity contribution in [1.29, 1.82) is 0 Å². The minimum Gasteiger partial charge on any atom is -0.329 e. The third kappa shape index (κ3) is 3.12. The van der Waals surface area contributed by atoms with Crippen LogP contribution in [0.2, 0.25) is 0 Å². The minimum atomic E-state index is 0.176. The molecule has 4 heteroatoms. The average Bonchev–Trinajstić information content (AvgIpc) is 2.89. The molecule has 0 aromatic rings. The van der Waals surface area contributed by atoms with Gasteiger partial charge in [0.15, 0.2) is 0 Å². The van der Waals surface area contributed by atoms with Crippen molar-refractivity contribution >= 4 is 11.8 Å². The zero-order chi connectivity index (χ0) is 13.9. The van der Waals surface area contributed by atoms with Gasteiger partial charge in [0.05, 0.1) is 0 Å². The third-order valence-corrected chi connectivity index (χ3v) is 6.67. The summed E-state index contributed by atoms with van der Waals surface area (Å²) >= 11 is 2.08. The molecule has 2 aliphatic heterocycles. The van der Waals surface area contributed by atoms with Crippen molar-refractivity contribution < 1.29 is 0 Å². The molecule has 0 radical (unpaired) electrons. The second-order valence-corrected chi connectivity index (χ2v) is 8.00. The van der Waals surface area contributed by atoms with Gasteiger partial charge in [-0.25, -0.2) is 0 Å². The highest BCUT2D eigenvalue weighted by Crippen LogP contribution is 2.44. The highest BCUT2D eigenvalue weighted by Gasteiger charge is 2.48. The molecule has 1 unspecified atom stereocenters.